The molecule has 4 fully saturated rings. The van der Waals surface area contributed by atoms with Gasteiger partial charge in [0.1, 0.15) is 5.60 Å². The molecular weight excluding hydrogens is 312 g/mol. The van der Waals surface area contributed by atoms with Gasteiger partial charge in [-0.25, -0.2) is 0 Å². The Morgan fingerprint density at radius 2 is 1.43 bits per heavy atom. The summed E-state index contributed by atoms with van der Waals surface area (Å²) in [7, 11) is 2.02. The van der Waals surface area contributed by atoms with Crippen LogP contribution in [0, 0.1) is 23.7 Å². The number of rotatable bonds is 7. The molecule has 4 saturated carbocycles. The Balaban J connectivity index is 1.59. The third-order valence-electron chi connectivity index (χ3n) is 6.66. The second-order valence-corrected chi connectivity index (χ2v) is 10.8. The first kappa shape index (κ1) is 17.4. The quantitative estimate of drug-likeness (QED) is 0.526. The Hall–Kier alpha value is -0.433. The molecule has 4 aliphatic rings. The summed E-state index contributed by atoms with van der Waals surface area (Å²) in [6, 6.07) is 0.464. The van der Waals surface area contributed by atoms with Crippen LogP contribution in [0.25, 0.3) is 0 Å². The second kappa shape index (κ2) is 6.46. The summed E-state index contributed by atoms with van der Waals surface area (Å²) in [5.74, 6) is 2.72. The smallest absolute Gasteiger partial charge is 0.459 e. The first-order valence-corrected chi connectivity index (χ1v) is 10.7. The zero-order chi connectivity index (χ0) is 16.7. The fourth-order valence-electron chi connectivity index (χ4n) is 5.39. The fraction of sp³-hybridized carbons (Fsp3) is 0.941. The molecule has 0 aromatic rings. The fourth-order valence-corrected chi connectivity index (χ4v) is 7.02. The minimum absolute atomic E-state index is 0.136. The zero-order valence-electron chi connectivity index (χ0n) is 14.8. The molecule has 23 heavy (non-hydrogen) atoms. The number of ether oxygens (including phenoxy) is 1. The van der Waals surface area contributed by atoms with Gasteiger partial charge in [0.25, 0.3) is 0 Å². The van der Waals surface area contributed by atoms with Gasteiger partial charge in [-0.15, -0.1) is 0 Å². The molecule has 0 aromatic carbocycles. The third-order valence-corrected chi connectivity index (χ3v) is 9.39. The summed E-state index contributed by atoms with van der Waals surface area (Å²) in [4.78, 5) is 12.5. The Bertz CT molecular complexity index is 412. The highest BCUT2D eigenvalue weighted by atomic mass is 28.4. The molecule has 5 nitrogen and oxygen atoms in total. The summed E-state index contributed by atoms with van der Waals surface area (Å²) < 4.78 is 22.2. The molecular formula is C17H30O5Si. The van der Waals surface area contributed by atoms with Crippen molar-refractivity contribution in [2.45, 2.75) is 57.1 Å². The van der Waals surface area contributed by atoms with E-state index in [0.717, 1.165) is 11.8 Å². The van der Waals surface area contributed by atoms with E-state index < -0.39 is 8.80 Å². The molecule has 0 spiro atoms. The molecule has 0 heterocycles. The summed E-state index contributed by atoms with van der Waals surface area (Å²) in [5.41, 5.74) is -0.262. The molecule has 0 amide bonds. The molecule has 0 saturated heterocycles. The van der Waals surface area contributed by atoms with Crippen LogP contribution in [-0.2, 0) is 22.8 Å². The minimum atomic E-state index is -2.70. The molecule has 132 valence electrons. The predicted molar refractivity (Wildman–Crippen MR) is 87.7 cm³/mol. The first-order valence-electron chi connectivity index (χ1n) is 8.82. The molecule has 4 bridgehead atoms. The van der Waals surface area contributed by atoms with Crippen LogP contribution in [0.15, 0.2) is 0 Å². The maximum atomic E-state index is 12.5. The number of carbonyl (C=O) groups excluding carboxylic acids is 1. The van der Waals surface area contributed by atoms with Crippen LogP contribution < -0.4 is 0 Å². The van der Waals surface area contributed by atoms with Crippen molar-refractivity contribution in [3.63, 3.8) is 0 Å². The van der Waals surface area contributed by atoms with Crippen LogP contribution in [0.3, 0.4) is 0 Å². The van der Waals surface area contributed by atoms with E-state index in [4.69, 9.17) is 18.0 Å². The monoisotopic (exact) mass is 342 g/mol. The molecule has 0 radical (unpaired) electrons. The standard InChI is InChI=1S/C17H30O5Si/c1-17(14-8-12-7-13(10-14)11-15(17)9-12)22-16(18)5-6-23(19-2,20-3)21-4/h12-15H,5-11H2,1-4H3. The van der Waals surface area contributed by atoms with Gasteiger partial charge in [0.05, 0.1) is 0 Å². The summed E-state index contributed by atoms with van der Waals surface area (Å²) >= 11 is 0. The maximum absolute atomic E-state index is 12.5. The van der Waals surface area contributed by atoms with Crippen molar-refractivity contribution in [2.75, 3.05) is 21.3 Å². The lowest BCUT2D eigenvalue weighted by atomic mass is 9.50. The first-order chi connectivity index (χ1) is 10.9. The number of esters is 1. The lowest BCUT2D eigenvalue weighted by Crippen LogP contribution is -2.58. The molecule has 0 aliphatic heterocycles. The van der Waals surface area contributed by atoms with Crippen molar-refractivity contribution < 1.29 is 22.8 Å². The van der Waals surface area contributed by atoms with E-state index >= 15 is 0 Å². The van der Waals surface area contributed by atoms with Gasteiger partial charge in [-0.2, -0.15) is 0 Å². The summed E-state index contributed by atoms with van der Waals surface area (Å²) in [5, 5.41) is 0. The average molecular weight is 343 g/mol. The van der Waals surface area contributed by atoms with Crippen molar-refractivity contribution in [2.24, 2.45) is 23.7 Å². The highest BCUT2D eigenvalue weighted by Crippen LogP contribution is 2.59. The van der Waals surface area contributed by atoms with E-state index in [1.807, 2.05) is 0 Å². The van der Waals surface area contributed by atoms with Gasteiger partial charge in [-0.3, -0.25) is 4.79 Å². The Labute approximate surface area is 140 Å². The zero-order valence-corrected chi connectivity index (χ0v) is 15.8. The van der Waals surface area contributed by atoms with Crippen molar-refractivity contribution in [1.29, 1.82) is 0 Å². The lowest BCUT2D eigenvalue weighted by molar-refractivity contribution is -0.203. The molecule has 0 unspecified atom stereocenters. The van der Waals surface area contributed by atoms with E-state index in [1.54, 1.807) is 21.3 Å². The molecule has 0 aromatic heterocycles. The molecule has 0 atom stereocenters. The molecule has 0 N–H and O–H groups in total. The molecule has 6 heteroatoms. The van der Waals surface area contributed by atoms with Gasteiger partial charge in [0, 0.05) is 33.8 Å². The molecule has 4 aliphatic carbocycles. The van der Waals surface area contributed by atoms with E-state index in [-0.39, 0.29) is 11.6 Å². The van der Waals surface area contributed by atoms with Crippen molar-refractivity contribution in [3.05, 3.63) is 0 Å². The van der Waals surface area contributed by atoms with Crippen LogP contribution >= 0.6 is 0 Å². The van der Waals surface area contributed by atoms with Gasteiger partial charge >= 0.3 is 14.8 Å². The number of hydrogen-bond donors (Lipinski definition) is 0. The second-order valence-electron chi connectivity index (χ2n) is 7.76. The van der Waals surface area contributed by atoms with Crippen molar-refractivity contribution >= 4 is 14.8 Å². The number of hydrogen-bond acceptors (Lipinski definition) is 5. The number of carbonyl (C=O) groups is 1. The maximum Gasteiger partial charge on any atom is 0.500 e. The minimum Gasteiger partial charge on any atom is -0.459 e. The van der Waals surface area contributed by atoms with Gasteiger partial charge in [0.2, 0.25) is 0 Å². The largest absolute Gasteiger partial charge is 0.500 e. The van der Waals surface area contributed by atoms with Crippen LogP contribution in [0.1, 0.15) is 45.4 Å². The van der Waals surface area contributed by atoms with Crippen LogP contribution in [0.2, 0.25) is 6.04 Å². The van der Waals surface area contributed by atoms with Crippen LogP contribution in [0.5, 0.6) is 0 Å². The molecule has 4 rings (SSSR count). The summed E-state index contributed by atoms with van der Waals surface area (Å²) in [6.07, 6.45) is 6.66. The van der Waals surface area contributed by atoms with Crippen molar-refractivity contribution in [1.82, 2.24) is 0 Å². The third kappa shape index (κ3) is 3.11. The lowest BCUT2D eigenvalue weighted by Gasteiger charge is -2.59. The predicted octanol–water partition coefficient (Wildman–Crippen LogP) is 3.01. The van der Waals surface area contributed by atoms with Crippen molar-refractivity contribution in [3.8, 4) is 0 Å². The summed E-state index contributed by atoms with van der Waals surface area (Å²) in [6.45, 7) is 2.17. The highest BCUT2D eigenvalue weighted by molar-refractivity contribution is 6.60. The van der Waals surface area contributed by atoms with Gasteiger partial charge < -0.3 is 18.0 Å². The van der Waals surface area contributed by atoms with E-state index in [2.05, 4.69) is 6.92 Å². The highest BCUT2D eigenvalue weighted by Gasteiger charge is 2.57. The Morgan fingerprint density at radius 1 is 0.957 bits per heavy atom. The van der Waals surface area contributed by atoms with Crippen LogP contribution in [-0.4, -0.2) is 41.7 Å². The van der Waals surface area contributed by atoms with Gasteiger partial charge in [-0.1, -0.05) is 0 Å². The van der Waals surface area contributed by atoms with Gasteiger partial charge in [-0.05, 0) is 62.7 Å². The Morgan fingerprint density at radius 3 is 1.87 bits per heavy atom. The average Bonchev–Trinajstić information content (AvgIpc) is 2.54. The van der Waals surface area contributed by atoms with E-state index in [0.29, 0.717) is 24.3 Å². The van der Waals surface area contributed by atoms with Crippen LogP contribution in [0.4, 0.5) is 0 Å². The SMILES string of the molecule is CO[Si](CCC(=O)OC1(C)C2CC3CC(C2)CC1C3)(OC)OC. The topological polar surface area (TPSA) is 54.0 Å². The van der Waals surface area contributed by atoms with E-state index in [9.17, 15) is 4.79 Å². The normalized spacial score (nSPS) is 38.8. The Kier molecular flexibility index (Phi) is 4.89. The van der Waals surface area contributed by atoms with E-state index in [1.165, 1.54) is 32.1 Å². The van der Waals surface area contributed by atoms with Gasteiger partial charge in [0.15, 0.2) is 0 Å².